The molecule has 1 saturated carbocycles. The van der Waals surface area contributed by atoms with E-state index in [-0.39, 0.29) is 0 Å². The van der Waals surface area contributed by atoms with Crippen LogP contribution >= 0.6 is 15.9 Å². The highest BCUT2D eigenvalue weighted by Gasteiger charge is 2.27. The number of hydrogen-bond acceptors (Lipinski definition) is 1. The van der Waals surface area contributed by atoms with E-state index in [1.165, 1.54) is 23.8 Å². The zero-order valence-electron chi connectivity index (χ0n) is 11.6. The molecule has 0 amide bonds. The molecule has 3 N–H and O–H groups in total. The molecule has 5 heteroatoms. The lowest BCUT2D eigenvalue weighted by Gasteiger charge is -2.16. The molecule has 106 valence electrons. The van der Waals surface area contributed by atoms with Crippen molar-refractivity contribution in [3.63, 3.8) is 0 Å². The van der Waals surface area contributed by atoms with E-state index in [0.717, 1.165) is 23.0 Å². The van der Waals surface area contributed by atoms with Crippen molar-refractivity contribution >= 4 is 32.8 Å². The van der Waals surface area contributed by atoms with Crippen LogP contribution in [0, 0.1) is 0 Å². The minimum atomic E-state index is 0.614. The predicted octanol–water partition coefficient (Wildman–Crippen LogP) is 2.88. The smallest absolute Gasteiger partial charge is 0.191 e. The number of fused-ring (bicyclic) bond motifs is 1. The second kappa shape index (κ2) is 5.48. The van der Waals surface area contributed by atoms with Gasteiger partial charge in [-0.2, -0.15) is 0 Å². The molecule has 1 heterocycles. The molecule has 0 saturated heterocycles. The number of aromatic amines is 1. The van der Waals surface area contributed by atoms with Gasteiger partial charge in [0.05, 0.1) is 0 Å². The van der Waals surface area contributed by atoms with Crippen molar-refractivity contribution in [3.05, 3.63) is 34.4 Å². The van der Waals surface area contributed by atoms with Crippen LogP contribution in [0.2, 0.25) is 0 Å². The maximum atomic E-state index is 5.99. The lowest BCUT2D eigenvalue weighted by molar-refractivity contribution is 0.487. The molecule has 1 aromatic heterocycles. The number of rotatable bonds is 4. The second-order valence-corrected chi connectivity index (χ2v) is 6.25. The third-order valence-electron chi connectivity index (χ3n) is 3.84. The van der Waals surface area contributed by atoms with Crippen LogP contribution in [-0.4, -0.2) is 35.5 Å². The number of aliphatic imine (C=N–C) groups is 1. The molecule has 0 spiro atoms. The van der Waals surface area contributed by atoms with Gasteiger partial charge in [-0.3, -0.25) is 4.99 Å². The summed E-state index contributed by atoms with van der Waals surface area (Å²) in [5, 5.41) is 1.25. The third kappa shape index (κ3) is 2.82. The van der Waals surface area contributed by atoms with Gasteiger partial charge in [-0.15, -0.1) is 0 Å². The Morgan fingerprint density at radius 2 is 2.30 bits per heavy atom. The minimum absolute atomic E-state index is 0.614. The lowest BCUT2D eigenvalue weighted by Crippen LogP contribution is -2.35. The van der Waals surface area contributed by atoms with Gasteiger partial charge in [0.1, 0.15) is 0 Å². The first-order valence-corrected chi connectivity index (χ1v) is 7.72. The van der Waals surface area contributed by atoms with Crippen LogP contribution in [0.4, 0.5) is 0 Å². The topological polar surface area (TPSA) is 57.4 Å². The van der Waals surface area contributed by atoms with Crippen molar-refractivity contribution in [2.24, 2.45) is 10.7 Å². The Balaban J connectivity index is 1.67. The number of benzene rings is 1. The van der Waals surface area contributed by atoms with Gasteiger partial charge < -0.3 is 15.6 Å². The van der Waals surface area contributed by atoms with Crippen molar-refractivity contribution in [1.82, 2.24) is 9.88 Å². The van der Waals surface area contributed by atoms with Crippen LogP contribution in [0.3, 0.4) is 0 Å². The fourth-order valence-electron chi connectivity index (χ4n) is 2.41. The molecule has 0 unspecified atom stereocenters. The molecule has 1 aliphatic rings. The first kappa shape index (κ1) is 13.5. The summed E-state index contributed by atoms with van der Waals surface area (Å²) in [5.74, 6) is 0.661. The van der Waals surface area contributed by atoms with Crippen molar-refractivity contribution < 1.29 is 0 Å². The highest BCUT2D eigenvalue weighted by molar-refractivity contribution is 9.10. The molecule has 2 aromatic rings. The Labute approximate surface area is 127 Å². The van der Waals surface area contributed by atoms with Gasteiger partial charge in [-0.25, -0.2) is 0 Å². The number of nitrogens with zero attached hydrogens (tertiary/aromatic N) is 2. The molecule has 1 aliphatic carbocycles. The molecular weight excluding hydrogens is 316 g/mol. The molecule has 0 aliphatic heterocycles. The summed E-state index contributed by atoms with van der Waals surface area (Å²) in [4.78, 5) is 9.87. The Hall–Kier alpha value is -1.49. The van der Waals surface area contributed by atoms with Gasteiger partial charge in [-0.1, -0.05) is 15.9 Å². The normalized spacial score (nSPS) is 15.8. The van der Waals surface area contributed by atoms with E-state index in [4.69, 9.17) is 5.73 Å². The molecule has 0 atom stereocenters. The largest absolute Gasteiger partial charge is 0.370 e. The van der Waals surface area contributed by atoms with E-state index in [1.54, 1.807) is 0 Å². The number of halogens is 1. The Morgan fingerprint density at radius 1 is 1.50 bits per heavy atom. The number of nitrogens with two attached hydrogens (primary N) is 1. The molecule has 4 nitrogen and oxygen atoms in total. The predicted molar refractivity (Wildman–Crippen MR) is 87.0 cm³/mol. The van der Waals surface area contributed by atoms with E-state index in [1.807, 2.05) is 13.1 Å². The Bertz CT molecular complexity index is 642. The van der Waals surface area contributed by atoms with Crippen LogP contribution in [0.25, 0.3) is 10.9 Å². The van der Waals surface area contributed by atoms with E-state index < -0.39 is 0 Å². The fraction of sp³-hybridized carbons (Fsp3) is 0.400. The van der Waals surface area contributed by atoms with E-state index in [9.17, 15) is 0 Å². The number of aromatic nitrogens is 1. The highest BCUT2D eigenvalue weighted by Crippen LogP contribution is 2.25. The van der Waals surface area contributed by atoms with Crippen LogP contribution in [0.1, 0.15) is 18.4 Å². The van der Waals surface area contributed by atoms with Gasteiger partial charge in [0.25, 0.3) is 0 Å². The monoisotopic (exact) mass is 334 g/mol. The van der Waals surface area contributed by atoms with Gasteiger partial charge >= 0.3 is 0 Å². The summed E-state index contributed by atoms with van der Waals surface area (Å²) in [7, 11) is 2.03. The first-order valence-electron chi connectivity index (χ1n) is 6.93. The Morgan fingerprint density at radius 3 is 3.05 bits per heavy atom. The van der Waals surface area contributed by atoms with Crippen molar-refractivity contribution in [2.75, 3.05) is 13.6 Å². The maximum Gasteiger partial charge on any atom is 0.191 e. The number of guanidine groups is 1. The average Bonchev–Trinajstić information content (AvgIpc) is 3.21. The summed E-state index contributed by atoms with van der Waals surface area (Å²) in [6, 6.07) is 6.89. The fourth-order valence-corrected chi connectivity index (χ4v) is 2.77. The summed E-state index contributed by atoms with van der Waals surface area (Å²) in [6.45, 7) is 0.725. The molecule has 20 heavy (non-hydrogen) atoms. The van der Waals surface area contributed by atoms with E-state index in [0.29, 0.717) is 12.0 Å². The van der Waals surface area contributed by atoms with Crippen molar-refractivity contribution in [3.8, 4) is 0 Å². The van der Waals surface area contributed by atoms with Crippen molar-refractivity contribution in [2.45, 2.75) is 25.3 Å². The minimum Gasteiger partial charge on any atom is -0.370 e. The second-order valence-electron chi connectivity index (χ2n) is 5.34. The summed E-state index contributed by atoms with van der Waals surface area (Å²) >= 11 is 3.52. The maximum absolute atomic E-state index is 5.99. The number of hydrogen-bond donors (Lipinski definition) is 2. The first-order chi connectivity index (χ1) is 9.65. The average molecular weight is 335 g/mol. The Kier molecular flexibility index (Phi) is 3.70. The summed E-state index contributed by atoms with van der Waals surface area (Å²) in [6.07, 6.45) is 5.44. The third-order valence-corrected chi connectivity index (χ3v) is 4.33. The SMILES string of the molecule is CN(C(N)=NCCc1c[nH]c2ccc(Br)cc12)C1CC1. The van der Waals surface area contributed by atoms with Crippen LogP contribution in [-0.2, 0) is 6.42 Å². The highest BCUT2D eigenvalue weighted by atomic mass is 79.9. The molecular formula is C15H19BrN4. The molecule has 0 radical (unpaired) electrons. The standard InChI is InChI=1S/C15H19BrN4/c1-20(12-3-4-12)15(17)18-7-6-10-9-19-14-5-2-11(16)8-13(10)14/h2,5,8-9,12,19H,3-4,6-7H2,1H3,(H2,17,18). The van der Waals surface area contributed by atoms with Gasteiger partial charge in [0.15, 0.2) is 5.96 Å². The molecule has 1 aromatic carbocycles. The number of H-pyrrole nitrogens is 1. The molecule has 3 rings (SSSR count). The van der Waals surface area contributed by atoms with Crippen LogP contribution in [0.5, 0.6) is 0 Å². The zero-order valence-corrected chi connectivity index (χ0v) is 13.2. The van der Waals surface area contributed by atoms with Gasteiger partial charge in [0, 0.05) is 41.2 Å². The van der Waals surface area contributed by atoms with Crippen molar-refractivity contribution in [1.29, 1.82) is 0 Å². The molecule has 0 bridgehead atoms. The summed E-state index contributed by atoms with van der Waals surface area (Å²) in [5.41, 5.74) is 8.44. The zero-order chi connectivity index (χ0) is 14.1. The van der Waals surface area contributed by atoms with E-state index in [2.05, 4.69) is 49.1 Å². The van der Waals surface area contributed by atoms with Gasteiger partial charge in [0.2, 0.25) is 0 Å². The number of nitrogens with one attached hydrogen (secondary N) is 1. The van der Waals surface area contributed by atoms with Crippen LogP contribution in [0.15, 0.2) is 33.9 Å². The van der Waals surface area contributed by atoms with E-state index >= 15 is 0 Å². The molecule has 1 fully saturated rings. The quantitative estimate of drug-likeness (QED) is 0.667. The van der Waals surface area contributed by atoms with Crippen LogP contribution < -0.4 is 5.73 Å². The lowest BCUT2D eigenvalue weighted by atomic mass is 10.1. The summed E-state index contributed by atoms with van der Waals surface area (Å²) < 4.78 is 1.10. The van der Waals surface area contributed by atoms with Gasteiger partial charge in [-0.05, 0) is 43.0 Å².